The van der Waals surface area contributed by atoms with Crippen molar-refractivity contribution in [1.29, 1.82) is 0 Å². The second-order valence-electron chi connectivity index (χ2n) is 4.12. The molecule has 1 atom stereocenters. The fraction of sp³-hybridized carbons (Fsp3) is 0.214. The third kappa shape index (κ3) is 3.28. The fourth-order valence-electron chi connectivity index (χ4n) is 1.68. The van der Waals surface area contributed by atoms with Crippen molar-refractivity contribution in [2.75, 3.05) is 0 Å². The molecule has 0 bridgehead atoms. The maximum absolute atomic E-state index is 12.9. The molecule has 0 aliphatic rings. The minimum Gasteiger partial charge on any atom is -0.306 e. The summed E-state index contributed by atoms with van der Waals surface area (Å²) in [5.74, 6) is -0.316. The third-order valence-corrected chi connectivity index (χ3v) is 3.15. The number of nitrogens with one attached hydrogen (secondary N) is 1. The molecule has 1 N–H and O–H groups in total. The molecule has 2 nitrogen and oxygen atoms in total. The summed E-state index contributed by atoms with van der Waals surface area (Å²) in [6, 6.07) is 8.51. The van der Waals surface area contributed by atoms with Gasteiger partial charge in [0.05, 0.1) is 0 Å². The Morgan fingerprint density at radius 3 is 2.89 bits per heavy atom. The highest BCUT2D eigenvalue weighted by atomic mass is 35.5. The topological polar surface area (TPSA) is 24.9 Å². The Bertz CT molecular complexity index is 516. The largest absolute Gasteiger partial charge is 0.306 e. The molecule has 0 spiro atoms. The van der Waals surface area contributed by atoms with E-state index in [1.165, 1.54) is 12.1 Å². The molecule has 0 unspecified atom stereocenters. The molecule has 1 aromatic heterocycles. The van der Waals surface area contributed by atoms with Gasteiger partial charge in [0.2, 0.25) is 0 Å². The van der Waals surface area contributed by atoms with Gasteiger partial charge in [0.15, 0.2) is 0 Å². The van der Waals surface area contributed by atoms with Crippen LogP contribution in [0.1, 0.15) is 24.1 Å². The molecule has 0 fully saturated rings. The zero-order valence-electron chi connectivity index (χ0n) is 10.0. The van der Waals surface area contributed by atoms with Gasteiger partial charge in [-0.3, -0.25) is 4.98 Å². The van der Waals surface area contributed by atoms with Gasteiger partial charge < -0.3 is 5.32 Å². The van der Waals surface area contributed by atoms with E-state index in [9.17, 15) is 4.39 Å². The first-order valence-corrected chi connectivity index (χ1v) is 6.12. The van der Waals surface area contributed by atoms with Gasteiger partial charge in [-0.25, -0.2) is 4.39 Å². The number of rotatable bonds is 4. The number of pyridine rings is 1. The van der Waals surface area contributed by atoms with Crippen LogP contribution in [0.2, 0.25) is 5.02 Å². The monoisotopic (exact) mass is 264 g/mol. The number of nitrogens with zero attached hydrogens (tertiary/aromatic N) is 1. The summed E-state index contributed by atoms with van der Waals surface area (Å²) < 4.78 is 12.9. The summed E-state index contributed by atoms with van der Waals surface area (Å²) in [5.41, 5.74) is 1.99. The molecule has 2 rings (SSSR count). The van der Waals surface area contributed by atoms with Gasteiger partial charge in [0.25, 0.3) is 0 Å². The molecule has 0 aliphatic heterocycles. The molecule has 0 saturated heterocycles. The molecular formula is C14H14ClFN2. The van der Waals surface area contributed by atoms with Crippen molar-refractivity contribution in [3.8, 4) is 0 Å². The van der Waals surface area contributed by atoms with Crippen LogP contribution in [-0.4, -0.2) is 4.98 Å². The Balaban J connectivity index is 1.99. The quantitative estimate of drug-likeness (QED) is 0.910. The lowest BCUT2D eigenvalue weighted by Gasteiger charge is -2.14. The third-order valence-electron chi connectivity index (χ3n) is 2.80. The van der Waals surface area contributed by atoms with E-state index >= 15 is 0 Å². The molecule has 1 heterocycles. The van der Waals surface area contributed by atoms with Crippen molar-refractivity contribution in [3.05, 3.63) is 64.7 Å². The van der Waals surface area contributed by atoms with E-state index in [1.807, 2.05) is 18.3 Å². The van der Waals surface area contributed by atoms with Crippen molar-refractivity contribution < 1.29 is 4.39 Å². The summed E-state index contributed by atoms with van der Waals surface area (Å²) in [7, 11) is 0. The van der Waals surface area contributed by atoms with E-state index in [0.29, 0.717) is 11.6 Å². The predicted molar refractivity (Wildman–Crippen MR) is 70.9 cm³/mol. The van der Waals surface area contributed by atoms with Crippen molar-refractivity contribution in [1.82, 2.24) is 10.3 Å². The zero-order chi connectivity index (χ0) is 13.0. The van der Waals surface area contributed by atoms with Crippen molar-refractivity contribution >= 4 is 11.6 Å². The molecule has 2 aromatic rings. The van der Waals surface area contributed by atoms with Crippen LogP contribution >= 0.6 is 11.6 Å². The van der Waals surface area contributed by atoms with Crippen molar-refractivity contribution in [2.45, 2.75) is 19.5 Å². The minimum absolute atomic E-state index is 0.166. The van der Waals surface area contributed by atoms with Gasteiger partial charge in [0, 0.05) is 30.0 Å². The smallest absolute Gasteiger partial charge is 0.124 e. The second kappa shape index (κ2) is 5.94. The number of hydrogen-bond acceptors (Lipinski definition) is 2. The van der Waals surface area contributed by atoms with Gasteiger partial charge in [-0.05, 0) is 36.2 Å². The lowest BCUT2D eigenvalue weighted by molar-refractivity contribution is 0.571. The maximum Gasteiger partial charge on any atom is 0.124 e. The molecule has 18 heavy (non-hydrogen) atoms. The Hall–Kier alpha value is -1.45. The molecule has 0 aliphatic carbocycles. The highest BCUT2D eigenvalue weighted by molar-refractivity contribution is 6.31. The number of aromatic nitrogens is 1. The number of benzene rings is 1. The van der Waals surface area contributed by atoms with Crippen molar-refractivity contribution in [2.24, 2.45) is 0 Å². The van der Waals surface area contributed by atoms with E-state index in [1.54, 1.807) is 12.3 Å². The van der Waals surface area contributed by atoms with Crippen LogP contribution in [-0.2, 0) is 6.54 Å². The van der Waals surface area contributed by atoms with Gasteiger partial charge >= 0.3 is 0 Å². The standard InChI is InChI=1S/C14H14ClFN2/c1-10(11-3-2-6-17-8-11)18-9-12-4-5-13(16)7-14(12)15/h2-8,10,18H,9H2,1H3/t10-/m1/s1. The Labute approximate surface area is 111 Å². The Morgan fingerprint density at radius 1 is 1.39 bits per heavy atom. The lowest BCUT2D eigenvalue weighted by Crippen LogP contribution is -2.18. The van der Waals surface area contributed by atoms with Gasteiger partial charge in [-0.1, -0.05) is 23.7 Å². The summed E-state index contributed by atoms with van der Waals surface area (Å²) in [6.45, 7) is 2.64. The van der Waals surface area contributed by atoms with E-state index in [0.717, 1.165) is 11.1 Å². The zero-order valence-corrected chi connectivity index (χ0v) is 10.8. The maximum atomic E-state index is 12.9. The minimum atomic E-state index is -0.316. The molecule has 1 aromatic carbocycles. The van der Waals surface area contributed by atoms with Crippen LogP contribution < -0.4 is 5.32 Å². The van der Waals surface area contributed by atoms with Crippen LogP contribution in [0.25, 0.3) is 0 Å². The average Bonchev–Trinajstić information content (AvgIpc) is 2.38. The van der Waals surface area contributed by atoms with Crippen LogP contribution in [0, 0.1) is 5.82 Å². The Morgan fingerprint density at radius 2 is 2.22 bits per heavy atom. The molecular weight excluding hydrogens is 251 g/mol. The SMILES string of the molecule is C[C@@H](NCc1ccc(F)cc1Cl)c1cccnc1. The first-order valence-electron chi connectivity index (χ1n) is 5.74. The van der Waals surface area contributed by atoms with Crippen LogP contribution in [0.3, 0.4) is 0 Å². The second-order valence-corrected chi connectivity index (χ2v) is 4.53. The number of halogens is 2. The van der Waals surface area contributed by atoms with E-state index in [2.05, 4.69) is 17.2 Å². The Kier molecular flexibility index (Phi) is 4.28. The molecule has 94 valence electrons. The molecule has 0 amide bonds. The van der Waals surface area contributed by atoms with Crippen LogP contribution in [0.15, 0.2) is 42.7 Å². The summed E-state index contributed by atoms with van der Waals surface area (Å²) >= 11 is 5.97. The van der Waals surface area contributed by atoms with Crippen LogP contribution in [0.4, 0.5) is 4.39 Å². The predicted octanol–water partition coefficient (Wildman–Crippen LogP) is 3.72. The summed E-state index contributed by atoms with van der Waals surface area (Å²) in [6.07, 6.45) is 3.57. The first-order chi connectivity index (χ1) is 8.66. The molecule has 4 heteroatoms. The van der Waals surface area contributed by atoms with E-state index in [4.69, 9.17) is 11.6 Å². The number of hydrogen-bond donors (Lipinski definition) is 1. The van der Waals surface area contributed by atoms with Gasteiger partial charge in [0.1, 0.15) is 5.82 Å². The molecule has 0 radical (unpaired) electrons. The van der Waals surface area contributed by atoms with E-state index < -0.39 is 0 Å². The lowest BCUT2D eigenvalue weighted by atomic mass is 10.1. The molecule has 0 saturated carbocycles. The van der Waals surface area contributed by atoms with Gasteiger partial charge in [-0.15, -0.1) is 0 Å². The van der Waals surface area contributed by atoms with Crippen molar-refractivity contribution in [3.63, 3.8) is 0 Å². The summed E-state index contributed by atoms with van der Waals surface area (Å²) in [5, 5.41) is 3.77. The first kappa shape index (κ1) is 13.0. The van der Waals surface area contributed by atoms with Crippen LogP contribution in [0.5, 0.6) is 0 Å². The average molecular weight is 265 g/mol. The van der Waals surface area contributed by atoms with E-state index in [-0.39, 0.29) is 11.9 Å². The highest BCUT2D eigenvalue weighted by Crippen LogP contribution is 2.18. The fourth-order valence-corrected chi connectivity index (χ4v) is 1.91. The highest BCUT2D eigenvalue weighted by Gasteiger charge is 2.06. The van der Waals surface area contributed by atoms with Gasteiger partial charge in [-0.2, -0.15) is 0 Å². The summed E-state index contributed by atoms with van der Waals surface area (Å²) in [4.78, 5) is 4.07. The normalized spacial score (nSPS) is 12.4.